The summed E-state index contributed by atoms with van der Waals surface area (Å²) in [7, 11) is 0. The normalized spacial score (nSPS) is 12.2. The van der Waals surface area contributed by atoms with E-state index < -0.39 is 12.0 Å². The van der Waals surface area contributed by atoms with Crippen molar-refractivity contribution in [2.45, 2.75) is 33.7 Å². The van der Waals surface area contributed by atoms with Gasteiger partial charge in [0, 0.05) is 5.69 Å². The summed E-state index contributed by atoms with van der Waals surface area (Å²) in [5.41, 5.74) is 1.92. The van der Waals surface area contributed by atoms with Crippen molar-refractivity contribution in [1.29, 1.82) is 0 Å². The molecule has 1 N–H and O–H groups in total. The largest absolute Gasteiger partial charge is 0.462 e. The summed E-state index contributed by atoms with van der Waals surface area (Å²) in [6.45, 7) is 7.18. The number of hydrogen-bond donors (Lipinski definition) is 1. The lowest BCUT2D eigenvalue weighted by molar-refractivity contribution is 0.0525. The highest BCUT2D eigenvalue weighted by Crippen LogP contribution is 2.24. The van der Waals surface area contributed by atoms with Gasteiger partial charge in [0.25, 0.3) is 0 Å². The van der Waals surface area contributed by atoms with Gasteiger partial charge in [0.05, 0.1) is 22.7 Å². The first-order valence-electron chi connectivity index (χ1n) is 8.17. The molecule has 3 rings (SSSR count). The Morgan fingerprint density at radius 1 is 1.38 bits per heavy atom. The molecule has 0 saturated carbocycles. The molecule has 0 aliphatic heterocycles. The van der Waals surface area contributed by atoms with E-state index >= 15 is 0 Å². The zero-order valence-electron chi connectivity index (χ0n) is 14.9. The zero-order valence-corrected chi connectivity index (χ0v) is 15.8. The van der Waals surface area contributed by atoms with Crippen molar-refractivity contribution in [2.75, 3.05) is 6.61 Å². The van der Waals surface area contributed by atoms with Gasteiger partial charge >= 0.3 is 5.97 Å². The summed E-state index contributed by atoms with van der Waals surface area (Å²) in [4.78, 5) is 30.2. The van der Waals surface area contributed by atoms with Crippen LogP contribution >= 0.6 is 11.3 Å². The van der Waals surface area contributed by atoms with Crippen LogP contribution in [0.2, 0.25) is 0 Å². The summed E-state index contributed by atoms with van der Waals surface area (Å²) in [6.07, 6.45) is 0. The second-order valence-corrected chi connectivity index (χ2v) is 6.74. The van der Waals surface area contributed by atoms with Crippen LogP contribution in [0.5, 0.6) is 0 Å². The van der Waals surface area contributed by atoms with Crippen LogP contribution in [0.1, 0.15) is 52.0 Å². The van der Waals surface area contributed by atoms with E-state index in [1.807, 2.05) is 17.5 Å². The summed E-state index contributed by atoms with van der Waals surface area (Å²) in [6, 6.07) is 3.13. The van der Waals surface area contributed by atoms with Crippen LogP contribution < -0.4 is 0 Å². The number of tetrazole rings is 1. The fourth-order valence-corrected chi connectivity index (χ4v) is 3.36. The highest BCUT2D eigenvalue weighted by molar-refractivity contribution is 7.13. The number of carbonyl (C=O) groups excluding carboxylic acids is 2. The average Bonchev–Trinajstić information content (AvgIpc) is 3.33. The topological polar surface area (TPSA) is 103 Å². The molecule has 9 heteroatoms. The lowest BCUT2D eigenvalue weighted by Crippen LogP contribution is -2.20. The Bertz CT molecular complexity index is 942. The van der Waals surface area contributed by atoms with Crippen LogP contribution in [0.4, 0.5) is 0 Å². The van der Waals surface area contributed by atoms with Crippen LogP contribution in [-0.2, 0) is 4.74 Å². The van der Waals surface area contributed by atoms with Crippen molar-refractivity contribution >= 4 is 23.1 Å². The molecule has 0 unspecified atom stereocenters. The van der Waals surface area contributed by atoms with E-state index in [1.54, 1.807) is 27.7 Å². The maximum atomic E-state index is 12.9. The lowest BCUT2D eigenvalue weighted by Gasteiger charge is -2.08. The van der Waals surface area contributed by atoms with E-state index in [4.69, 9.17) is 4.74 Å². The van der Waals surface area contributed by atoms with E-state index in [-0.39, 0.29) is 12.4 Å². The van der Waals surface area contributed by atoms with Crippen LogP contribution in [0.3, 0.4) is 0 Å². The highest BCUT2D eigenvalue weighted by Gasteiger charge is 2.27. The molecule has 0 amide bonds. The maximum Gasteiger partial charge on any atom is 0.340 e. The molecule has 0 aromatic carbocycles. The second-order valence-electron chi connectivity index (χ2n) is 5.80. The predicted octanol–water partition coefficient (Wildman–Crippen LogP) is 2.97. The van der Waals surface area contributed by atoms with Crippen molar-refractivity contribution in [3.05, 3.63) is 40.0 Å². The number of rotatable bonds is 6. The van der Waals surface area contributed by atoms with Crippen molar-refractivity contribution in [3.8, 4) is 10.7 Å². The first-order chi connectivity index (χ1) is 12.4. The molecule has 0 spiro atoms. The number of hydrogen-bond acceptors (Lipinski definition) is 7. The maximum absolute atomic E-state index is 12.9. The molecule has 3 aromatic heterocycles. The summed E-state index contributed by atoms with van der Waals surface area (Å²) in [5, 5.41) is 14.2. The van der Waals surface area contributed by atoms with Gasteiger partial charge in [-0.2, -0.15) is 4.80 Å². The lowest BCUT2D eigenvalue weighted by atomic mass is 10.1. The molecule has 3 heterocycles. The first-order valence-corrected chi connectivity index (χ1v) is 9.05. The van der Waals surface area contributed by atoms with Gasteiger partial charge in [-0.05, 0) is 49.9 Å². The van der Waals surface area contributed by atoms with Crippen molar-refractivity contribution in [2.24, 2.45) is 0 Å². The van der Waals surface area contributed by atoms with Gasteiger partial charge in [-0.25, -0.2) is 4.79 Å². The molecule has 0 bridgehead atoms. The molecular formula is C17H19N5O3S. The number of nitrogens with zero attached hydrogens (tertiary/aromatic N) is 4. The third-order valence-corrected chi connectivity index (χ3v) is 4.92. The molecule has 3 aromatic rings. The number of H-pyrrole nitrogens is 1. The number of thiophene rings is 1. The molecule has 26 heavy (non-hydrogen) atoms. The summed E-state index contributed by atoms with van der Waals surface area (Å²) in [5.74, 6) is -0.188. The van der Waals surface area contributed by atoms with Gasteiger partial charge in [-0.3, -0.25) is 4.79 Å². The molecule has 0 radical (unpaired) electrons. The minimum atomic E-state index is -0.664. The minimum Gasteiger partial charge on any atom is -0.462 e. The predicted molar refractivity (Wildman–Crippen MR) is 96.4 cm³/mol. The van der Waals surface area contributed by atoms with E-state index in [0.29, 0.717) is 28.3 Å². The third-order valence-electron chi connectivity index (χ3n) is 4.06. The van der Waals surface area contributed by atoms with Crippen molar-refractivity contribution < 1.29 is 14.3 Å². The molecule has 0 fully saturated rings. The number of Topliss-reactive ketones (excluding diaryl/α,β-unsaturated/α-hetero) is 1. The Kier molecular flexibility index (Phi) is 4.99. The second kappa shape index (κ2) is 7.20. The van der Waals surface area contributed by atoms with Gasteiger partial charge in [-0.15, -0.1) is 21.5 Å². The molecule has 1 atom stereocenters. The molecule has 0 saturated heterocycles. The van der Waals surface area contributed by atoms with Crippen LogP contribution in [0, 0.1) is 13.8 Å². The number of esters is 1. The Labute approximate surface area is 154 Å². The average molecular weight is 373 g/mol. The van der Waals surface area contributed by atoms with Gasteiger partial charge in [-0.1, -0.05) is 6.07 Å². The van der Waals surface area contributed by atoms with Crippen molar-refractivity contribution in [1.82, 2.24) is 25.2 Å². The number of aromatic nitrogens is 5. The molecular weight excluding hydrogens is 354 g/mol. The monoisotopic (exact) mass is 373 g/mol. The highest BCUT2D eigenvalue weighted by atomic mass is 32.1. The Morgan fingerprint density at radius 2 is 2.15 bits per heavy atom. The molecule has 8 nitrogen and oxygen atoms in total. The summed E-state index contributed by atoms with van der Waals surface area (Å²) >= 11 is 1.50. The van der Waals surface area contributed by atoms with Crippen molar-refractivity contribution in [3.63, 3.8) is 0 Å². The number of ketones is 1. The van der Waals surface area contributed by atoms with E-state index in [1.165, 1.54) is 16.1 Å². The van der Waals surface area contributed by atoms with E-state index in [9.17, 15) is 9.59 Å². The number of carbonyl (C=O) groups is 2. The number of aromatic amines is 1. The minimum absolute atomic E-state index is 0.226. The smallest absolute Gasteiger partial charge is 0.340 e. The number of ether oxygens (including phenoxy) is 1. The number of nitrogens with one attached hydrogen (secondary N) is 1. The SMILES string of the molecule is CCOC(=O)c1c(C)[nH]c(C(=O)[C@@H](C)n2nnc(-c3cccs3)n2)c1C. The van der Waals surface area contributed by atoms with E-state index in [0.717, 1.165) is 4.88 Å². The first kappa shape index (κ1) is 18.0. The Hall–Kier alpha value is -2.81. The van der Waals surface area contributed by atoms with Crippen LogP contribution in [0.15, 0.2) is 17.5 Å². The fraction of sp³-hybridized carbons (Fsp3) is 0.353. The molecule has 0 aliphatic rings. The number of aryl methyl sites for hydroxylation is 1. The zero-order chi connectivity index (χ0) is 18.8. The summed E-state index contributed by atoms with van der Waals surface area (Å²) < 4.78 is 5.06. The Balaban J connectivity index is 1.87. The van der Waals surface area contributed by atoms with Gasteiger partial charge < -0.3 is 9.72 Å². The Morgan fingerprint density at radius 3 is 2.81 bits per heavy atom. The quantitative estimate of drug-likeness (QED) is 0.526. The van der Waals surface area contributed by atoms with Gasteiger partial charge in [0.2, 0.25) is 11.6 Å². The standard InChI is InChI=1S/C17H19N5O3S/c1-5-25-17(24)13-9(2)14(18-10(13)3)15(23)11(4)22-20-16(19-21-22)12-7-6-8-26-12/h6-8,11,18H,5H2,1-4H3/t11-/m1/s1. The molecule has 136 valence electrons. The van der Waals surface area contributed by atoms with Gasteiger partial charge in [0.1, 0.15) is 6.04 Å². The van der Waals surface area contributed by atoms with Crippen LogP contribution in [-0.4, -0.2) is 43.6 Å². The fourth-order valence-electron chi connectivity index (χ4n) is 2.71. The van der Waals surface area contributed by atoms with E-state index in [2.05, 4.69) is 20.4 Å². The van der Waals surface area contributed by atoms with Crippen LogP contribution in [0.25, 0.3) is 10.7 Å². The van der Waals surface area contributed by atoms with Gasteiger partial charge in [0.15, 0.2) is 0 Å². The third kappa shape index (κ3) is 3.17. The molecule has 0 aliphatic carbocycles.